The maximum Gasteiger partial charge on any atom is 0.271 e. The van der Waals surface area contributed by atoms with Crippen LogP contribution in [-0.2, 0) is 0 Å². The maximum atomic E-state index is 12.3. The van der Waals surface area contributed by atoms with Gasteiger partial charge in [-0.2, -0.15) is 5.10 Å². The number of nitrogens with one attached hydrogen (secondary N) is 1. The van der Waals surface area contributed by atoms with E-state index >= 15 is 0 Å². The lowest BCUT2D eigenvalue weighted by atomic mass is 10.1. The topological polar surface area (TPSA) is 69.2 Å². The predicted molar refractivity (Wildman–Crippen MR) is 90.1 cm³/mol. The second-order valence-electron chi connectivity index (χ2n) is 4.53. The van der Waals surface area contributed by atoms with Crippen molar-refractivity contribution in [3.63, 3.8) is 0 Å². The summed E-state index contributed by atoms with van der Waals surface area (Å²) in [6.07, 6.45) is 0. The Labute approximate surface area is 138 Å². The molecule has 0 saturated heterocycles. The molecule has 2 aromatic rings. The molecular formula is C16H18N2O4S. The van der Waals surface area contributed by atoms with E-state index in [1.807, 2.05) is 24.4 Å². The highest BCUT2D eigenvalue weighted by atomic mass is 32.1. The standard InChI is InChI=1S/C16H18N2O4S/c1-10(14-6-5-7-23-14)17-18-16(19)11-8-12(20-2)15(22-4)13(9-11)21-3/h5-9H,1-4H3,(H,18,19)/b17-10+. The summed E-state index contributed by atoms with van der Waals surface area (Å²) in [7, 11) is 4.50. The van der Waals surface area contributed by atoms with Crippen molar-refractivity contribution in [1.82, 2.24) is 5.43 Å². The molecule has 0 saturated carbocycles. The van der Waals surface area contributed by atoms with Crippen molar-refractivity contribution in [3.05, 3.63) is 40.1 Å². The van der Waals surface area contributed by atoms with Gasteiger partial charge in [-0.25, -0.2) is 5.43 Å². The molecule has 1 amide bonds. The van der Waals surface area contributed by atoms with E-state index < -0.39 is 0 Å². The summed E-state index contributed by atoms with van der Waals surface area (Å²) in [5, 5.41) is 6.06. The molecule has 1 heterocycles. The summed E-state index contributed by atoms with van der Waals surface area (Å²) >= 11 is 1.56. The van der Waals surface area contributed by atoms with Crippen LogP contribution in [0.3, 0.4) is 0 Å². The number of hydrogen-bond donors (Lipinski definition) is 1. The third kappa shape index (κ3) is 3.81. The molecule has 1 N–H and O–H groups in total. The van der Waals surface area contributed by atoms with E-state index in [1.54, 1.807) is 23.5 Å². The molecule has 23 heavy (non-hydrogen) atoms. The van der Waals surface area contributed by atoms with E-state index in [1.165, 1.54) is 21.3 Å². The number of methoxy groups -OCH3 is 3. The van der Waals surface area contributed by atoms with Crippen LogP contribution in [0.5, 0.6) is 17.2 Å². The van der Waals surface area contributed by atoms with Crippen LogP contribution in [0.25, 0.3) is 0 Å². The molecule has 0 spiro atoms. The Balaban J connectivity index is 2.24. The summed E-state index contributed by atoms with van der Waals surface area (Å²) in [4.78, 5) is 13.3. The lowest BCUT2D eigenvalue weighted by Crippen LogP contribution is -2.19. The number of carbonyl (C=O) groups is 1. The van der Waals surface area contributed by atoms with Crippen LogP contribution in [-0.4, -0.2) is 32.9 Å². The largest absolute Gasteiger partial charge is 0.493 e. The van der Waals surface area contributed by atoms with Crippen LogP contribution in [0, 0.1) is 0 Å². The van der Waals surface area contributed by atoms with Crippen molar-refractivity contribution < 1.29 is 19.0 Å². The van der Waals surface area contributed by atoms with E-state index in [9.17, 15) is 4.79 Å². The van der Waals surface area contributed by atoms with Gasteiger partial charge in [0.2, 0.25) is 5.75 Å². The van der Waals surface area contributed by atoms with Crippen LogP contribution in [0.1, 0.15) is 22.2 Å². The van der Waals surface area contributed by atoms with Crippen LogP contribution >= 0.6 is 11.3 Å². The fourth-order valence-corrected chi connectivity index (χ4v) is 2.63. The molecule has 2 rings (SSSR count). The third-order valence-corrected chi connectivity index (χ3v) is 4.11. The minimum atomic E-state index is -0.361. The monoisotopic (exact) mass is 334 g/mol. The van der Waals surface area contributed by atoms with Gasteiger partial charge >= 0.3 is 0 Å². The average molecular weight is 334 g/mol. The zero-order valence-electron chi connectivity index (χ0n) is 13.4. The summed E-state index contributed by atoms with van der Waals surface area (Å²) < 4.78 is 15.7. The molecule has 0 radical (unpaired) electrons. The molecule has 1 aromatic carbocycles. The summed E-state index contributed by atoms with van der Waals surface area (Å²) in [6, 6.07) is 7.02. The zero-order chi connectivity index (χ0) is 16.8. The van der Waals surface area contributed by atoms with Crippen molar-refractivity contribution in [1.29, 1.82) is 0 Å². The molecule has 0 aliphatic carbocycles. The molecule has 0 aliphatic rings. The van der Waals surface area contributed by atoms with Gasteiger partial charge in [0.15, 0.2) is 11.5 Å². The highest BCUT2D eigenvalue weighted by Gasteiger charge is 2.16. The van der Waals surface area contributed by atoms with Gasteiger partial charge in [0, 0.05) is 10.4 Å². The highest BCUT2D eigenvalue weighted by Crippen LogP contribution is 2.38. The van der Waals surface area contributed by atoms with Crippen molar-refractivity contribution in [3.8, 4) is 17.2 Å². The Kier molecular flexibility index (Phi) is 5.59. The fourth-order valence-electron chi connectivity index (χ4n) is 1.95. The summed E-state index contributed by atoms with van der Waals surface area (Å²) in [5.41, 5.74) is 3.63. The SMILES string of the molecule is COc1cc(C(=O)N/N=C(\C)c2cccs2)cc(OC)c1OC. The van der Waals surface area contributed by atoms with Crippen molar-refractivity contribution in [2.75, 3.05) is 21.3 Å². The normalized spacial score (nSPS) is 11.0. The van der Waals surface area contributed by atoms with Crippen LogP contribution in [0.2, 0.25) is 0 Å². The van der Waals surface area contributed by atoms with E-state index in [0.29, 0.717) is 22.8 Å². The molecule has 1 aromatic heterocycles. The van der Waals surface area contributed by atoms with Crippen LogP contribution in [0.4, 0.5) is 0 Å². The molecule has 7 heteroatoms. The van der Waals surface area contributed by atoms with Crippen molar-refractivity contribution >= 4 is 23.0 Å². The number of hydrogen-bond acceptors (Lipinski definition) is 6. The number of carbonyl (C=O) groups excluding carboxylic acids is 1. The second-order valence-corrected chi connectivity index (χ2v) is 5.48. The van der Waals surface area contributed by atoms with E-state index in [2.05, 4.69) is 10.5 Å². The first-order valence-electron chi connectivity index (χ1n) is 6.79. The number of rotatable bonds is 6. The molecular weight excluding hydrogens is 316 g/mol. The van der Waals surface area contributed by atoms with E-state index in [0.717, 1.165) is 10.6 Å². The number of ether oxygens (including phenoxy) is 3. The molecule has 0 fully saturated rings. The van der Waals surface area contributed by atoms with Gasteiger partial charge in [-0.15, -0.1) is 11.3 Å². The molecule has 0 bridgehead atoms. The first kappa shape index (κ1) is 16.8. The predicted octanol–water partition coefficient (Wildman–Crippen LogP) is 2.93. The number of benzene rings is 1. The number of amides is 1. The first-order chi connectivity index (χ1) is 11.1. The van der Waals surface area contributed by atoms with E-state index in [4.69, 9.17) is 14.2 Å². The van der Waals surface area contributed by atoms with E-state index in [-0.39, 0.29) is 5.91 Å². The Morgan fingerprint density at radius 3 is 2.26 bits per heavy atom. The van der Waals surface area contributed by atoms with Gasteiger partial charge in [0.25, 0.3) is 5.91 Å². The van der Waals surface area contributed by atoms with Gasteiger partial charge in [-0.05, 0) is 30.5 Å². The van der Waals surface area contributed by atoms with Gasteiger partial charge in [-0.3, -0.25) is 4.79 Å². The average Bonchev–Trinajstić information content (AvgIpc) is 3.12. The van der Waals surface area contributed by atoms with Gasteiger partial charge in [0.05, 0.1) is 27.0 Å². The Bertz CT molecular complexity index is 686. The minimum absolute atomic E-state index is 0.361. The fraction of sp³-hybridized carbons (Fsp3) is 0.250. The van der Waals surface area contributed by atoms with Crippen molar-refractivity contribution in [2.45, 2.75) is 6.92 Å². The summed E-state index contributed by atoms with van der Waals surface area (Å²) in [6.45, 7) is 1.83. The van der Waals surface area contributed by atoms with Gasteiger partial charge < -0.3 is 14.2 Å². The smallest absolute Gasteiger partial charge is 0.271 e. The highest BCUT2D eigenvalue weighted by molar-refractivity contribution is 7.12. The maximum absolute atomic E-state index is 12.3. The minimum Gasteiger partial charge on any atom is -0.493 e. The molecule has 0 atom stereocenters. The quantitative estimate of drug-likeness (QED) is 0.651. The number of thiophene rings is 1. The van der Waals surface area contributed by atoms with Gasteiger partial charge in [-0.1, -0.05) is 6.07 Å². The molecule has 0 unspecified atom stereocenters. The number of nitrogens with zero attached hydrogens (tertiary/aromatic N) is 1. The first-order valence-corrected chi connectivity index (χ1v) is 7.67. The zero-order valence-corrected chi connectivity index (χ0v) is 14.2. The lowest BCUT2D eigenvalue weighted by molar-refractivity contribution is 0.0954. The lowest BCUT2D eigenvalue weighted by Gasteiger charge is -2.13. The van der Waals surface area contributed by atoms with Gasteiger partial charge in [0.1, 0.15) is 0 Å². The Morgan fingerprint density at radius 1 is 1.13 bits per heavy atom. The Hall–Kier alpha value is -2.54. The van der Waals surface area contributed by atoms with Crippen molar-refractivity contribution in [2.24, 2.45) is 5.10 Å². The van der Waals surface area contributed by atoms with Crippen LogP contribution in [0.15, 0.2) is 34.7 Å². The summed E-state index contributed by atoms with van der Waals surface area (Å²) in [5.74, 6) is 0.900. The third-order valence-electron chi connectivity index (χ3n) is 3.13. The molecule has 0 aliphatic heterocycles. The molecule has 122 valence electrons. The molecule has 6 nitrogen and oxygen atoms in total. The Morgan fingerprint density at radius 2 is 1.78 bits per heavy atom. The van der Waals surface area contributed by atoms with Crippen LogP contribution < -0.4 is 19.6 Å². The number of hydrazone groups is 1. The second kappa shape index (κ2) is 7.64.